The Kier molecular flexibility index (Phi) is 8.58. The van der Waals surface area contributed by atoms with E-state index in [0.717, 1.165) is 37.3 Å². The molecule has 29 heavy (non-hydrogen) atoms. The minimum atomic E-state index is -0.112. The summed E-state index contributed by atoms with van der Waals surface area (Å²) in [6.07, 6.45) is 12.3. The number of nitrogens with one attached hydrogen (secondary N) is 3. The summed E-state index contributed by atoms with van der Waals surface area (Å²) < 4.78 is 0. The number of hydrogen-bond donors (Lipinski definition) is 3. The maximum absolute atomic E-state index is 12.2. The van der Waals surface area contributed by atoms with Gasteiger partial charge in [-0.2, -0.15) is 0 Å². The van der Waals surface area contributed by atoms with Gasteiger partial charge in [0.05, 0.1) is 0 Å². The zero-order chi connectivity index (χ0) is 20.3. The molecule has 2 heterocycles. The van der Waals surface area contributed by atoms with Crippen LogP contribution >= 0.6 is 0 Å². The quantitative estimate of drug-likeness (QED) is 0.584. The summed E-state index contributed by atoms with van der Waals surface area (Å²) in [5.41, 5.74) is 1.06. The van der Waals surface area contributed by atoms with Gasteiger partial charge in [0.15, 0.2) is 0 Å². The number of urea groups is 1. The van der Waals surface area contributed by atoms with E-state index in [0.29, 0.717) is 32.0 Å². The second-order valence-electron chi connectivity index (χ2n) is 8.15. The topological polar surface area (TPSA) is 86.4 Å². The summed E-state index contributed by atoms with van der Waals surface area (Å²) >= 11 is 0. The van der Waals surface area contributed by atoms with Crippen LogP contribution in [0.1, 0.15) is 69.8 Å². The van der Waals surface area contributed by atoms with Gasteiger partial charge in [-0.15, -0.1) is 0 Å². The molecule has 7 heteroatoms. The van der Waals surface area contributed by atoms with E-state index in [1.807, 2.05) is 18.3 Å². The SMILES string of the molecule is O=C(CCCNC(=O)NC1CCCCC1)NCc1cccnc1N1CCCCC1. The third kappa shape index (κ3) is 7.22. The number of anilines is 1. The van der Waals surface area contributed by atoms with Gasteiger partial charge in [0.1, 0.15) is 5.82 Å². The first-order valence-corrected chi connectivity index (χ1v) is 11.2. The van der Waals surface area contributed by atoms with Gasteiger partial charge >= 0.3 is 6.03 Å². The number of nitrogens with zero attached hydrogens (tertiary/aromatic N) is 2. The van der Waals surface area contributed by atoms with Crippen LogP contribution in [0.3, 0.4) is 0 Å². The molecule has 0 unspecified atom stereocenters. The Morgan fingerprint density at radius 2 is 1.79 bits per heavy atom. The van der Waals surface area contributed by atoms with Crippen molar-refractivity contribution in [3.63, 3.8) is 0 Å². The van der Waals surface area contributed by atoms with Crippen molar-refractivity contribution in [2.24, 2.45) is 0 Å². The molecule has 3 rings (SSSR count). The standard InChI is InChI=1S/C22H35N5O2/c28-20(12-8-14-24-22(29)26-19-10-3-1-4-11-19)25-17-18-9-7-13-23-21(18)27-15-5-2-6-16-27/h7,9,13,19H,1-6,8,10-12,14-17H2,(H,25,28)(H2,24,26,29). The largest absolute Gasteiger partial charge is 0.356 e. The fourth-order valence-electron chi connectivity index (χ4n) is 4.18. The zero-order valence-corrected chi connectivity index (χ0v) is 17.4. The monoisotopic (exact) mass is 401 g/mol. The molecule has 3 N–H and O–H groups in total. The van der Waals surface area contributed by atoms with E-state index in [9.17, 15) is 9.59 Å². The highest BCUT2D eigenvalue weighted by Crippen LogP contribution is 2.21. The van der Waals surface area contributed by atoms with Crippen molar-refractivity contribution in [2.75, 3.05) is 24.5 Å². The second kappa shape index (κ2) is 11.6. The van der Waals surface area contributed by atoms with E-state index in [4.69, 9.17) is 0 Å². The number of hydrogen-bond acceptors (Lipinski definition) is 4. The lowest BCUT2D eigenvalue weighted by atomic mass is 9.96. The third-order valence-electron chi connectivity index (χ3n) is 5.81. The lowest BCUT2D eigenvalue weighted by Gasteiger charge is -2.29. The van der Waals surface area contributed by atoms with Crippen molar-refractivity contribution in [1.82, 2.24) is 20.9 Å². The number of carbonyl (C=O) groups is 2. The Bertz CT molecular complexity index is 654. The lowest BCUT2D eigenvalue weighted by Crippen LogP contribution is -2.43. The molecule has 3 amide bonds. The van der Waals surface area contributed by atoms with E-state index in [2.05, 4.69) is 25.8 Å². The zero-order valence-electron chi connectivity index (χ0n) is 17.4. The Labute approximate surface area is 174 Å². The second-order valence-corrected chi connectivity index (χ2v) is 8.15. The molecular formula is C22H35N5O2. The molecule has 0 atom stereocenters. The molecule has 2 aliphatic rings. The summed E-state index contributed by atoms with van der Waals surface area (Å²) in [6.45, 7) is 3.07. The van der Waals surface area contributed by atoms with Crippen molar-refractivity contribution in [3.8, 4) is 0 Å². The molecule has 1 aliphatic heterocycles. The van der Waals surface area contributed by atoms with Crippen molar-refractivity contribution in [1.29, 1.82) is 0 Å². The van der Waals surface area contributed by atoms with Gasteiger partial charge in [0, 0.05) is 50.4 Å². The minimum Gasteiger partial charge on any atom is -0.356 e. The van der Waals surface area contributed by atoms with Gasteiger partial charge in [-0.1, -0.05) is 25.3 Å². The Balaban J connectivity index is 1.32. The average molecular weight is 402 g/mol. The molecule has 0 spiro atoms. The van der Waals surface area contributed by atoms with Gasteiger partial charge < -0.3 is 20.9 Å². The Morgan fingerprint density at radius 1 is 1.03 bits per heavy atom. The Morgan fingerprint density at radius 3 is 2.59 bits per heavy atom. The van der Waals surface area contributed by atoms with E-state index in [-0.39, 0.29) is 11.9 Å². The number of piperidine rings is 1. The summed E-state index contributed by atoms with van der Waals surface area (Å²) in [5, 5.41) is 8.89. The molecule has 1 aromatic heterocycles. The molecule has 1 aromatic rings. The van der Waals surface area contributed by atoms with Crippen LogP contribution in [-0.4, -0.2) is 42.6 Å². The first kappa shape index (κ1) is 21.4. The van der Waals surface area contributed by atoms with Crippen LogP contribution < -0.4 is 20.9 Å². The van der Waals surface area contributed by atoms with Gasteiger partial charge in [0.2, 0.25) is 5.91 Å². The lowest BCUT2D eigenvalue weighted by molar-refractivity contribution is -0.121. The number of carbonyl (C=O) groups excluding carboxylic acids is 2. The van der Waals surface area contributed by atoms with Crippen LogP contribution in [0.2, 0.25) is 0 Å². The van der Waals surface area contributed by atoms with Crippen LogP contribution in [0.4, 0.5) is 10.6 Å². The summed E-state index contributed by atoms with van der Waals surface area (Å²) in [5.74, 6) is 1.00. The molecule has 0 bridgehead atoms. The molecule has 0 aromatic carbocycles. The van der Waals surface area contributed by atoms with Crippen molar-refractivity contribution in [2.45, 2.75) is 76.8 Å². The van der Waals surface area contributed by atoms with Crippen LogP contribution in [0.25, 0.3) is 0 Å². The predicted octanol–water partition coefficient (Wildman–Crippen LogP) is 3.10. The predicted molar refractivity (Wildman–Crippen MR) is 115 cm³/mol. The van der Waals surface area contributed by atoms with Gasteiger partial charge in [0.25, 0.3) is 0 Å². The highest BCUT2D eigenvalue weighted by molar-refractivity contribution is 5.76. The molecule has 1 aliphatic carbocycles. The van der Waals surface area contributed by atoms with Gasteiger partial charge in [-0.25, -0.2) is 9.78 Å². The minimum absolute atomic E-state index is 0.00735. The van der Waals surface area contributed by atoms with Gasteiger partial charge in [-0.3, -0.25) is 4.79 Å². The van der Waals surface area contributed by atoms with Crippen LogP contribution in [0.5, 0.6) is 0 Å². The van der Waals surface area contributed by atoms with Crippen LogP contribution in [0.15, 0.2) is 18.3 Å². The molecular weight excluding hydrogens is 366 g/mol. The Hall–Kier alpha value is -2.31. The first-order chi connectivity index (χ1) is 14.2. The van der Waals surface area contributed by atoms with Crippen molar-refractivity contribution in [3.05, 3.63) is 23.9 Å². The fraction of sp³-hybridized carbons (Fsp3) is 0.682. The molecule has 1 saturated carbocycles. The van der Waals surface area contributed by atoms with Crippen molar-refractivity contribution >= 4 is 17.8 Å². The smallest absolute Gasteiger partial charge is 0.315 e. The number of amides is 3. The highest BCUT2D eigenvalue weighted by atomic mass is 16.2. The van der Waals surface area contributed by atoms with Gasteiger partial charge in [-0.05, 0) is 44.6 Å². The van der Waals surface area contributed by atoms with E-state index in [1.165, 1.54) is 38.5 Å². The normalized spacial score (nSPS) is 17.6. The summed E-state index contributed by atoms with van der Waals surface area (Å²) in [6, 6.07) is 4.15. The molecule has 1 saturated heterocycles. The first-order valence-electron chi connectivity index (χ1n) is 11.2. The third-order valence-corrected chi connectivity index (χ3v) is 5.81. The van der Waals surface area contributed by atoms with E-state index in [1.54, 1.807) is 0 Å². The maximum Gasteiger partial charge on any atom is 0.315 e. The summed E-state index contributed by atoms with van der Waals surface area (Å²) in [7, 11) is 0. The number of rotatable bonds is 8. The number of pyridine rings is 1. The van der Waals surface area contributed by atoms with Crippen molar-refractivity contribution < 1.29 is 9.59 Å². The van der Waals surface area contributed by atoms with Crippen LogP contribution in [-0.2, 0) is 11.3 Å². The fourth-order valence-corrected chi connectivity index (χ4v) is 4.18. The molecule has 160 valence electrons. The molecule has 0 radical (unpaired) electrons. The van der Waals surface area contributed by atoms with E-state index >= 15 is 0 Å². The highest BCUT2D eigenvalue weighted by Gasteiger charge is 2.16. The summed E-state index contributed by atoms with van der Waals surface area (Å²) in [4.78, 5) is 31.0. The van der Waals surface area contributed by atoms with E-state index < -0.39 is 0 Å². The molecule has 7 nitrogen and oxygen atoms in total. The molecule has 2 fully saturated rings. The number of aromatic nitrogens is 1. The van der Waals surface area contributed by atoms with Crippen LogP contribution in [0, 0.1) is 0 Å². The average Bonchev–Trinajstić information content (AvgIpc) is 2.77. The maximum atomic E-state index is 12.2.